The number of hydrogen-bond donors (Lipinski definition) is 1. The van der Waals surface area contributed by atoms with Crippen LogP contribution in [0.1, 0.15) is 38.2 Å². The van der Waals surface area contributed by atoms with Crippen LogP contribution in [0.25, 0.3) is 0 Å². The Bertz CT molecular complexity index is 532. The van der Waals surface area contributed by atoms with Crippen molar-refractivity contribution < 1.29 is 8.42 Å². The Hall–Kier alpha value is -1.07. The van der Waals surface area contributed by atoms with Crippen molar-refractivity contribution in [2.45, 2.75) is 39.0 Å². The van der Waals surface area contributed by atoms with E-state index in [9.17, 15) is 8.42 Å². The van der Waals surface area contributed by atoms with Crippen LogP contribution < -0.4 is 5.73 Å². The highest BCUT2D eigenvalue weighted by molar-refractivity contribution is 7.89. The van der Waals surface area contributed by atoms with Crippen molar-refractivity contribution in [2.75, 3.05) is 24.6 Å². The second-order valence-corrected chi connectivity index (χ2v) is 8.05. The van der Waals surface area contributed by atoms with E-state index in [1.54, 1.807) is 4.31 Å². The van der Waals surface area contributed by atoms with E-state index in [0.29, 0.717) is 24.8 Å². The highest BCUT2D eigenvalue weighted by atomic mass is 32.2. The molecule has 4 nitrogen and oxygen atoms in total. The van der Waals surface area contributed by atoms with Gasteiger partial charge >= 0.3 is 0 Å². The van der Waals surface area contributed by atoms with Gasteiger partial charge in [0.25, 0.3) is 0 Å². The number of anilines is 1. The van der Waals surface area contributed by atoms with Crippen LogP contribution in [0.2, 0.25) is 0 Å². The van der Waals surface area contributed by atoms with Gasteiger partial charge in [-0.05, 0) is 49.3 Å². The largest absolute Gasteiger partial charge is 0.399 e. The maximum absolute atomic E-state index is 12.2. The number of rotatable bonds is 6. The van der Waals surface area contributed by atoms with Crippen molar-refractivity contribution in [1.82, 2.24) is 4.31 Å². The number of hydrogen-bond acceptors (Lipinski definition) is 3. The van der Waals surface area contributed by atoms with Crippen LogP contribution in [-0.2, 0) is 16.4 Å². The van der Waals surface area contributed by atoms with Gasteiger partial charge in [-0.1, -0.05) is 25.5 Å². The summed E-state index contributed by atoms with van der Waals surface area (Å²) in [5, 5.41) is 0. The Morgan fingerprint density at radius 3 is 2.38 bits per heavy atom. The molecule has 2 rings (SSSR count). The van der Waals surface area contributed by atoms with Gasteiger partial charge in [0.15, 0.2) is 0 Å². The molecule has 0 spiro atoms. The molecule has 118 valence electrons. The molecule has 1 fully saturated rings. The lowest BCUT2D eigenvalue weighted by Gasteiger charge is -2.31. The van der Waals surface area contributed by atoms with Crippen LogP contribution in [0.5, 0.6) is 0 Å². The first-order chi connectivity index (χ1) is 10.0. The van der Waals surface area contributed by atoms with Crippen LogP contribution >= 0.6 is 0 Å². The van der Waals surface area contributed by atoms with Gasteiger partial charge in [-0.25, -0.2) is 12.7 Å². The lowest BCUT2D eigenvalue weighted by Crippen LogP contribution is -2.40. The highest BCUT2D eigenvalue weighted by Crippen LogP contribution is 2.24. The highest BCUT2D eigenvalue weighted by Gasteiger charge is 2.27. The molecule has 0 bridgehead atoms. The van der Waals surface area contributed by atoms with Crippen molar-refractivity contribution in [3.05, 3.63) is 29.8 Å². The van der Waals surface area contributed by atoms with Crippen molar-refractivity contribution in [3.8, 4) is 0 Å². The van der Waals surface area contributed by atoms with Crippen LogP contribution in [0, 0.1) is 5.92 Å². The minimum Gasteiger partial charge on any atom is -0.399 e. The van der Waals surface area contributed by atoms with Crippen molar-refractivity contribution in [1.29, 1.82) is 0 Å². The quantitative estimate of drug-likeness (QED) is 0.822. The zero-order chi connectivity index (χ0) is 15.3. The fraction of sp³-hybridized carbons (Fsp3) is 0.625. The number of sulfonamides is 1. The second-order valence-electron chi connectivity index (χ2n) is 5.96. The molecule has 1 aliphatic rings. The summed E-state index contributed by atoms with van der Waals surface area (Å²) < 4.78 is 26.0. The summed E-state index contributed by atoms with van der Waals surface area (Å²) in [6, 6.07) is 8.00. The Morgan fingerprint density at radius 1 is 1.19 bits per heavy atom. The zero-order valence-electron chi connectivity index (χ0n) is 12.8. The monoisotopic (exact) mass is 310 g/mol. The van der Waals surface area contributed by atoms with E-state index in [1.165, 1.54) is 5.56 Å². The number of piperidine rings is 1. The first-order valence-electron chi connectivity index (χ1n) is 7.83. The molecule has 1 saturated heterocycles. The van der Waals surface area contributed by atoms with Crippen molar-refractivity contribution >= 4 is 15.7 Å². The smallest absolute Gasteiger partial charge is 0.214 e. The molecule has 0 atom stereocenters. The van der Waals surface area contributed by atoms with Crippen molar-refractivity contribution in [3.63, 3.8) is 0 Å². The van der Waals surface area contributed by atoms with E-state index in [2.05, 4.69) is 12.1 Å². The van der Waals surface area contributed by atoms with Crippen molar-refractivity contribution in [2.24, 2.45) is 5.92 Å². The van der Waals surface area contributed by atoms with Gasteiger partial charge in [-0.15, -0.1) is 0 Å². The van der Waals surface area contributed by atoms with Crippen LogP contribution in [0.3, 0.4) is 0 Å². The predicted molar refractivity (Wildman–Crippen MR) is 87.6 cm³/mol. The number of benzene rings is 1. The molecule has 1 aromatic carbocycles. The van der Waals surface area contributed by atoms with E-state index >= 15 is 0 Å². The first-order valence-corrected chi connectivity index (χ1v) is 9.44. The molecular weight excluding hydrogens is 284 g/mol. The molecular formula is C16H26N2O2S. The van der Waals surface area contributed by atoms with E-state index in [1.807, 2.05) is 19.1 Å². The molecule has 0 aromatic heterocycles. The minimum atomic E-state index is -3.03. The van der Waals surface area contributed by atoms with E-state index in [0.717, 1.165) is 37.8 Å². The predicted octanol–water partition coefficient (Wildman–Crippen LogP) is 2.65. The maximum Gasteiger partial charge on any atom is 0.214 e. The number of unbranched alkanes of at least 4 members (excludes halogenated alkanes) is 1. The molecule has 1 aromatic rings. The van der Waals surface area contributed by atoms with Crippen LogP contribution in [0.4, 0.5) is 5.69 Å². The fourth-order valence-electron chi connectivity index (χ4n) is 2.83. The average Bonchev–Trinajstić information content (AvgIpc) is 2.48. The average molecular weight is 310 g/mol. The SMILES string of the molecule is CCCCS(=O)(=O)N1CCC(Cc2ccc(N)cc2)CC1. The third-order valence-corrected chi connectivity index (χ3v) is 6.18. The van der Waals surface area contributed by atoms with Gasteiger partial charge in [0.1, 0.15) is 0 Å². The minimum absolute atomic E-state index is 0.298. The Labute approximate surface area is 128 Å². The molecule has 0 unspecified atom stereocenters. The molecule has 21 heavy (non-hydrogen) atoms. The van der Waals surface area contributed by atoms with Gasteiger partial charge in [0, 0.05) is 18.8 Å². The van der Waals surface area contributed by atoms with Gasteiger partial charge in [0.2, 0.25) is 10.0 Å². The molecule has 1 aliphatic heterocycles. The fourth-order valence-corrected chi connectivity index (χ4v) is 4.51. The Balaban J connectivity index is 1.84. The normalized spacial score (nSPS) is 18.0. The molecule has 1 heterocycles. The molecule has 0 saturated carbocycles. The first kappa shape index (κ1) is 16.3. The zero-order valence-corrected chi connectivity index (χ0v) is 13.6. The summed E-state index contributed by atoms with van der Waals surface area (Å²) in [6.07, 6.45) is 4.61. The summed E-state index contributed by atoms with van der Waals surface area (Å²) in [7, 11) is -3.03. The van der Waals surface area contributed by atoms with E-state index in [4.69, 9.17) is 5.73 Å². The van der Waals surface area contributed by atoms with E-state index in [-0.39, 0.29) is 0 Å². The summed E-state index contributed by atoms with van der Waals surface area (Å²) in [4.78, 5) is 0. The summed E-state index contributed by atoms with van der Waals surface area (Å²) in [5.74, 6) is 0.873. The van der Waals surface area contributed by atoms with Crippen LogP contribution in [0.15, 0.2) is 24.3 Å². The molecule has 5 heteroatoms. The Kier molecular flexibility index (Phi) is 5.65. The van der Waals surface area contributed by atoms with Gasteiger partial charge in [-0.3, -0.25) is 0 Å². The third kappa shape index (κ3) is 4.71. The lowest BCUT2D eigenvalue weighted by atomic mass is 9.91. The molecule has 0 aliphatic carbocycles. The van der Waals surface area contributed by atoms with E-state index < -0.39 is 10.0 Å². The summed E-state index contributed by atoms with van der Waals surface area (Å²) in [5.41, 5.74) is 7.77. The number of nitrogen functional groups attached to an aromatic ring is 1. The van der Waals surface area contributed by atoms with Gasteiger partial charge in [-0.2, -0.15) is 0 Å². The second kappa shape index (κ2) is 7.27. The summed E-state index contributed by atoms with van der Waals surface area (Å²) in [6.45, 7) is 3.37. The molecule has 0 amide bonds. The lowest BCUT2D eigenvalue weighted by molar-refractivity contribution is 0.272. The maximum atomic E-state index is 12.2. The van der Waals surface area contributed by atoms with Gasteiger partial charge < -0.3 is 5.73 Å². The Morgan fingerprint density at radius 2 is 1.81 bits per heavy atom. The topological polar surface area (TPSA) is 63.4 Å². The summed E-state index contributed by atoms with van der Waals surface area (Å²) >= 11 is 0. The molecule has 2 N–H and O–H groups in total. The standard InChI is InChI=1S/C16H26N2O2S/c1-2-3-12-21(19,20)18-10-8-15(9-11-18)13-14-4-6-16(17)7-5-14/h4-7,15H,2-3,8-13,17H2,1H3. The third-order valence-electron chi connectivity index (χ3n) is 4.23. The van der Waals surface area contributed by atoms with Crippen LogP contribution in [-0.4, -0.2) is 31.6 Å². The molecule has 0 radical (unpaired) electrons. The number of nitrogens with zero attached hydrogens (tertiary/aromatic N) is 1. The van der Waals surface area contributed by atoms with Gasteiger partial charge in [0.05, 0.1) is 5.75 Å². The number of nitrogens with two attached hydrogens (primary N) is 1.